The lowest BCUT2D eigenvalue weighted by Gasteiger charge is -2.19. The normalized spacial score (nSPS) is 10.8. The number of benzene rings is 3. The average Bonchev–Trinajstić information content (AvgIpc) is 2.88. The number of ether oxygens (including phenoxy) is 2. The van der Waals surface area contributed by atoms with Crippen molar-refractivity contribution in [3.05, 3.63) is 106 Å². The van der Waals surface area contributed by atoms with Gasteiger partial charge in [0.2, 0.25) is 0 Å². The van der Waals surface area contributed by atoms with Crippen LogP contribution in [0.25, 0.3) is 0 Å². The van der Waals surface area contributed by atoms with Crippen LogP contribution < -0.4 is 10.6 Å². The quantitative estimate of drug-likeness (QED) is 0.372. The molecule has 2 N–H and O–H groups in total. The van der Waals surface area contributed by atoms with Crippen molar-refractivity contribution in [2.75, 3.05) is 0 Å². The van der Waals surface area contributed by atoms with Gasteiger partial charge in [0.15, 0.2) is 0 Å². The lowest BCUT2D eigenvalue weighted by Crippen LogP contribution is -2.32. The third-order valence-electron chi connectivity index (χ3n) is 5.17. The summed E-state index contributed by atoms with van der Waals surface area (Å²) in [6.45, 7) is 11.8. The molecule has 3 aromatic carbocycles. The Bertz CT molecular complexity index is 1310. The highest BCUT2D eigenvalue weighted by Gasteiger charge is 2.16. The highest BCUT2D eigenvalue weighted by molar-refractivity contribution is 5.68. The Morgan fingerprint density at radius 3 is 1.02 bits per heavy atom. The number of rotatable bonds is 4. The van der Waals surface area contributed by atoms with Gasteiger partial charge in [-0.15, -0.1) is 0 Å². The van der Waals surface area contributed by atoms with E-state index >= 15 is 0 Å². The predicted molar refractivity (Wildman–Crippen MR) is 157 cm³/mol. The molecule has 0 aliphatic heterocycles. The third-order valence-corrected chi connectivity index (χ3v) is 5.17. The molecular weight excluding hydrogens is 500 g/mol. The lowest BCUT2D eigenvalue weighted by atomic mass is 10.1. The van der Waals surface area contributed by atoms with Crippen LogP contribution in [0, 0.1) is 23.7 Å². The second-order valence-corrected chi connectivity index (χ2v) is 11.2. The minimum absolute atomic E-state index is 0.389. The van der Waals surface area contributed by atoms with Crippen molar-refractivity contribution < 1.29 is 19.1 Å². The summed E-state index contributed by atoms with van der Waals surface area (Å²) in [6.07, 6.45) is -0.876. The van der Waals surface area contributed by atoms with Crippen LogP contribution in [0.4, 0.5) is 9.59 Å². The maximum absolute atomic E-state index is 11.8. The molecular formula is C34H36N2O4. The zero-order chi connectivity index (χ0) is 29.2. The van der Waals surface area contributed by atoms with Gasteiger partial charge in [0.05, 0.1) is 0 Å². The molecule has 0 radical (unpaired) electrons. The van der Waals surface area contributed by atoms with Crippen molar-refractivity contribution in [1.82, 2.24) is 10.6 Å². The molecule has 0 saturated carbocycles. The van der Waals surface area contributed by atoms with Crippen molar-refractivity contribution in [2.24, 2.45) is 0 Å². The first-order valence-electron chi connectivity index (χ1n) is 13.1. The van der Waals surface area contributed by atoms with E-state index in [0.717, 1.165) is 33.4 Å². The molecule has 0 atom stereocenters. The number of alkyl carbamates (subject to hydrolysis) is 2. The van der Waals surface area contributed by atoms with Crippen molar-refractivity contribution in [1.29, 1.82) is 0 Å². The van der Waals surface area contributed by atoms with Gasteiger partial charge in [0.25, 0.3) is 0 Å². The topological polar surface area (TPSA) is 76.7 Å². The lowest BCUT2D eigenvalue weighted by molar-refractivity contribution is 0.0512. The molecule has 2 amide bonds. The van der Waals surface area contributed by atoms with Crippen LogP contribution in [-0.2, 0) is 22.6 Å². The van der Waals surface area contributed by atoms with Gasteiger partial charge in [-0.25, -0.2) is 9.59 Å². The van der Waals surface area contributed by atoms with Gasteiger partial charge in [-0.05, 0) is 101 Å². The molecule has 0 aromatic heterocycles. The molecule has 0 unspecified atom stereocenters. The van der Waals surface area contributed by atoms with Gasteiger partial charge < -0.3 is 20.1 Å². The Morgan fingerprint density at radius 1 is 0.525 bits per heavy atom. The predicted octanol–water partition coefficient (Wildman–Crippen LogP) is 6.54. The fraction of sp³-hybridized carbons (Fsp3) is 0.294. The number of hydrogen-bond donors (Lipinski definition) is 2. The van der Waals surface area contributed by atoms with E-state index in [1.54, 1.807) is 0 Å². The molecule has 3 rings (SSSR count). The van der Waals surface area contributed by atoms with Crippen molar-refractivity contribution in [3.63, 3.8) is 0 Å². The molecule has 0 fully saturated rings. The molecule has 0 saturated heterocycles. The van der Waals surface area contributed by atoms with E-state index in [1.165, 1.54) is 0 Å². The molecule has 0 aliphatic rings. The van der Waals surface area contributed by atoms with Crippen LogP contribution in [-0.4, -0.2) is 23.4 Å². The van der Waals surface area contributed by atoms with E-state index in [1.807, 2.05) is 114 Å². The number of carbonyl (C=O) groups is 2. The van der Waals surface area contributed by atoms with Crippen molar-refractivity contribution >= 4 is 12.2 Å². The van der Waals surface area contributed by atoms with Gasteiger partial charge in [-0.3, -0.25) is 0 Å². The monoisotopic (exact) mass is 536 g/mol. The Morgan fingerprint density at radius 2 is 0.775 bits per heavy atom. The molecule has 0 spiro atoms. The van der Waals surface area contributed by atoms with Crippen molar-refractivity contribution in [2.45, 2.75) is 65.8 Å². The first-order valence-corrected chi connectivity index (χ1v) is 13.1. The van der Waals surface area contributed by atoms with E-state index < -0.39 is 23.4 Å². The summed E-state index contributed by atoms with van der Waals surface area (Å²) < 4.78 is 10.5. The van der Waals surface area contributed by atoms with Gasteiger partial charge in [0, 0.05) is 35.3 Å². The minimum Gasteiger partial charge on any atom is -0.444 e. The second kappa shape index (κ2) is 13.4. The van der Waals surface area contributed by atoms with Gasteiger partial charge in [0.1, 0.15) is 11.2 Å². The largest absolute Gasteiger partial charge is 0.444 e. The van der Waals surface area contributed by atoms with E-state index in [-0.39, 0.29) is 0 Å². The molecule has 40 heavy (non-hydrogen) atoms. The van der Waals surface area contributed by atoms with Gasteiger partial charge >= 0.3 is 12.2 Å². The maximum atomic E-state index is 11.8. The number of hydrogen-bond acceptors (Lipinski definition) is 4. The standard InChI is InChI=1S/C34H36N2O4/c1-33(2,3)39-31(37)35-23-29-19-15-27(16-20-29)13-11-25-7-9-26(10-8-25)12-14-28-17-21-30(22-18-28)24-36-32(38)40-34(4,5)6/h7-10,15-22H,23-24H2,1-6H3,(H,35,37)(H,36,38). The first-order chi connectivity index (χ1) is 18.8. The summed E-state index contributed by atoms with van der Waals surface area (Å²) in [5, 5.41) is 5.50. The molecule has 6 heteroatoms. The van der Waals surface area contributed by atoms with Crippen LogP contribution in [0.1, 0.15) is 74.9 Å². The molecule has 0 aliphatic carbocycles. The van der Waals surface area contributed by atoms with Gasteiger partial charge in [-0.2, -0.15) is 0 Å². The Kier molecular flexibility index (Phi) is 10.0. The van der Waals surface area contributed by atoms with Crippen LogP contribution in [0.2, 0.25) is 0 Å². The van der Waals surface area contributed by atoms with Gasteiger partial charge in [-0.1, -0.05) is 47.9 Å². The molecule has 206 valence electrons. The highest BCUT2D eigenvalue weighted by Crippen LogP contribution is 2.10. The van der Waals surface area contributed by atoms with Crippen LogP contribution in [0.3, 0.4) is 0 Å². The summed E-state index contributed by atoms with van der Waals surface area (Å²) in [5.74, 6) is 12.7. The number of amides is 2. The molecule has 3 aromatic rings. The molecule has 0 heterocycles. The Hall–Kier alpha value is -4.68. The SMILES string of the molecule is CC(C)(C)OC(=O)NCc1ccc(C#Cc2ccc(C#Cc3ccc(CNC(=O)OC(C)(C)C)cc3)cc2)cc1. The fourth-order valence-corrected chi connectivity index (χ4v) is 3.31. The molecule has 6 nitrogen and oxygen atoms in total. The third kappa shape index (κ3) is 11.4. The maximum Gasteiger partial charge on any atom is 0.407 e. The Labute approximate surface area is 237 Å². The average molecular weight is 537 g/mol. The second-order valence-electron chi connectivity index (χ2n) is 11.2. The van der Waals surface area contributed by atoms with Crippen LogP contribution in [0.15, 0.2) is 72.8 Å². The fourth-order valence-electron chi connectivity index (χ4n) is 3.31. The summed E-state index contributed by atoms with van der Waals surface area (Å²) in [6, 6.07) is 23.2. The highest BCUT2D eigenvalue weighted by atomic mass is 16.6. The molecule has 0 bridgehead atoms. The summed E-state index contributed by atoms with van der Waals surface area (Å²) >= 11 is 0. The Balaban J connectivity index is 1.50. The van der Waals surface area contributed by atoms with E-state index in [0.29, 0.717) is 13.1 Å². The zero-order valence-corrected chi connectivity index (χ0v) is 24.0. The number of carbonyl (C=O) groups excluding carboxylic acids is 2. The first kappa shape index (κ1) is 29.9. The van der Waals surface area contributed by atoms with E-state index in [2.05, 4.69) is 34.3 Å². The summed E-state index contributed by atoms with van der Waals surface area (Å²) in [5.41, 5.74) is 4.43. The number of nitrogens with one attached hydrogen (secondary N) is 2. The van der Waals surface area contributed by atoms with E-state index in [4.69, 9.17) is 9.47 Å². The van der Waals surface area contributed by atoms with Crippen LogP contribution in [0.5, 0.6) is 0 Å². The van der Waals surface area contributed by atoms with E-state index in [9.17, 15) is 9.59 Å². The van der Waals surface area contributed by atoms with Crippen LogP contribution >= 0.6 is 0 Å². The summed E-state index contributed by atoms with van der Waals surface area (Å²) in [7, 11) is 0. The summed E-state index contributed by atoms with van der Waals surface area (Å²) in [4.78, 5) is 23.6. The van der Waals surface area contributed by atoms with Crippen molar-refractivity contribution in [3.8, 4) is 23.7 Å². The smallest absolute Gasteiger partial charge is 0.407 e. The minimum atomic E-state index is -0.523. The zero-order valence-electron chi connectivity index (χ0n) is 24.0.